The van der Waals surface area contributed by atoms with Gasteiger partial charge in [-0.05, 0) is 25.1 Å². The number of ether oxygens (including phenoxy) is 1. The average molecular weight is 273 g/mol. The molecule has 2 aromatic rings. The van der Waals surface area contributed by atoms with Gasteiger partial charge in [-0.3, -0.25) is 0 Å². The van der Waals surface area contributed by atoms with Crippen molar-refractivity contribution in [3.8, 4) is 0 Å². The molecule has 0 atom stereocenters. The van der Waals surface area contributed by atoms with E-state index in [-0.39, 0.29) is 23.3 Å². The molecule has 0 aliphatic carbocycles. The summed E-state index contributed by atoms with van der Waals surface area (Å²) in [6.07, 6.45) is -5.27. The van der Waals surface area contributed by atoms with E-state index < -0.39 is 17.8 Å². The van der Waals surface area contributed by atoms with Gasteiger partial charge in [0.25, 0.3) is 0 Å². The molecule has 1 aromatic carbocycles. The molecule has 0 aliphatic heterocycles. The van der Waals surface area contributed by atoms with E-state index in [0.717, 1.165) is 22.9 Å². The van der Waals surface area contributed by atoms with Gasteiger partial charge in [0.05, 0.1) is 17.7 Å². The molecule has 19 heavy (non-hydrogen) atoms. The Hall–Kier alpha value is -2.25. The topological polar surface area (TPSA) is 70.1 Å². The lowest BCUT2D eigenvalue weighted by molar-refractivity contribution is -0.137. The highest BCUT2D eigenvalue weighted by atomic mass is 19.4. The van der Waals surface area contributed by atoms with E-state index in [2.05, 4.69) is 5.10 Å². The Labute approximate surface area is 105 Å². The van der Waals surface area contributed by atoms with Crippen molar-refractivity contribution in [2.24, 2.45) is 0 Å². The van der Waals surface area contributed by atoms with Crippen molar-refractivity contribution in [3.05, 3.63) is 23.8 Å². The zero-order valence-corrected chi connectivity index (χ0v) is 9.86. The summed E-state index contributed by atoms with van der Waals surface area (Å²) in [4.78, 5) is 11.6. The summed E-state index contributed by atoms with van der Waals surface area (Å²) < 4.78 is 43.3. The van der Waals surface area contributed by atoms with Gasteiger partial charge >= 0.3 is 12.3 Å². The largest absolute Gasteiger partial charge is 0.448 e. The number of carbonyl (C=O) groups excluding carboxylic acids is 1. The van der Waals surface area contributed by atoms with Crippen molar-refractivity contribution in [2.45, 2.75) is 13.1 Å². The van der Waals surface area contributed by atoms with Crippen LogP contribution in [0.25, 0.3) is 10.9 Å². The second-order valence-electron chi connectivity index (χ2n) is 3.73. The van der Waals surface area contributed by atoms with Crippen LogP contribution in [-0.4, -0.2) is 22.5 Å². The molecule has 2 rings (SSSR count). The fourth-order valence-electron chi connectivity index (χ4n) is 1.64. The summed E-state index contributed by atoms with van der Waals surface area (Å²) in [5.41, 5.74) is 4.83. The van der Waals surface area contributed by atoms with Crippen molar-refractivity contribution >= 4 is 22.8 Å². The van der Waals surface area contributed by atoms with Gasteiger partial charge in [-0.2, -0.15) is 17.9 Å². The second kappa shape index (κ2) is 4.45. The molecule has 0 saturated carbocycles. The van der Waals surface area contributed by atoms with Gasteiger partial charge in [0.15, 0.2) is 5.82 Å². The van der Waals surface area contributed by atoms with Gasteiger partial charge in [0.1, 0.15) is 0 Å². The molecule has 0 radical (unpaired) electrons. The van der Waals surface area contributed by atoms with Crippen molar-refractivity contribution in [3.63, 3.8) is 0 Å². The number of aromatic nitrogens is 2. The lowest BCUT2D eigenvalue weighted by atomic mass is 10.1. The first-order valence-corrected chi connectivity index (χ1v) is 5.37. The van der Waals surface area contributed by atoms with E-state index in [4.69, 9.17) is 10.5 Å². The summed E-state index contributed by atoms with van der Waals surface area (Å²) in [6, 6.07) is 2.85. The van der Waals surface area contributed by atoms with E-state index in [0.29, 0.717) is 0 Å². The predicted octanol–water partition coefficient (Wildman–Crippen LogP) is 2.64. The number of halogens is 3. The highest BCUT2D eigenvalue weighted by Gasteiger charge is 2.31. The van der Waals surface area contributed by atoms with Crippen molar-refractivity contribution in [2.75, 3.05) is 12.3 Å². The third-order valence-corrected chi connectivity index (χ3v) is 2.48. The van der Waals surface area contributed by atoms with Gasteiger partial charge < -0.3 is 10.5 Å². The number of benzene rings is 1. The first-order chi connectivity index (χ1) is 8.84. The molecule has 0 amide bonds. The van der Waals surface area contributed by atoms with Crippen LogP contribution in [0.2, 0.25) is 0 Å². The first kappa shape index (κ1) is 13.2. The van der Waals surface area contributed by atoms with Crippen molar-refractivity contribution in [1.82, 2.24) is 9.78 Å². The number of nitrogen functional groups attached to an aromatic ring is 1. The number of hydrogen-bond acceptors (Lipinski definition) is 4. The minimum absolute atomic E-state index is 0.0582. The summed E-state index contributed by atoms with van der Waals surface area (Å²) in [5.74, 6) is -0.158. The lowest BCUT2D eigenvalue weighted by Gasteiger charge is -2.06. The molecule has 0 unspecified atom stereocenters. The molecule has 0 bridgehead atoms. The second-order valence-corrected chi connectivity index (χ2v) is 3.73. The summed E-state index contributed by atoms with van der Waals surface area (Å²) >= 11 is 0. The van der Waals surface area contributed by atoms with Crippen LogP contribution in [-0.2, 0) is 10.9 Å². The van der Waals surface area contributed by atoms with Gasteiger partial charge in [-0.1, -0.05) is 0 Å². The Balaban J connectivity index is 2.58. The molecular weight excluding hydrogens is 263 g/mol. The number of anilines is 1. The Bertz CT molecular complexity index is 634. The molecule has 8 heteroatoms. The van der Waals surface area contributed by atoms with Crippen LogP contribution in [0.4, 0.5) is 23.8 Å². The highest BCUT2D eigenvalue weighted by Crippen LogP contribution is 2.32. The zero-order chi connectivity index (χ0) is 14.2. The number of nitrogens with two attached hydrogens (primary N) is 1. The lowest BCUT2D eigenvalue weighted by Crippen LogP contribution is -2.15. The van der Waals surface area contributed by atoms with Crippen LogP contribution >= 0.6 is 0 Å². The third kappa shape index (κ3) is 2.33. The van der Waals surface area contributed by atoms with Crippen molar-refractivity contribution in [1.29, 1.82) is 0 Å². The molecule has 0 saturated heterocycles. The predicted molar refractivity (Wildman–Crippen MR) is 61.6 cm³/mol. The number of nitrogens with zero attached hydrogens (tertiary/aromatic N) is 2. The van der Waals surface area contributed by atoms with E-state index in [1.807, 2.05) is 0 Å². The van der Waals surface area contributed by atoms with Crippen LogP contribution in [0.15, 0.2) is 18.2 Å². The van der Waals surface area contributed by atoms with Crippen LogP contribution < -0.4 is 5.73 Å². The Morgan fingerprint density at radius 1 is 1.47 bits per heavy atom. The summed E-state index contributed by atoms with van der Waals surface area (Å²) in [6.45, 7) is 1.73. The zero-order valence-electron chi connectivity index (χ0n) is 9.86. The summed E-state index contributed by atoms with van der Waals surface area (Å²) in [7, 11) is 0. The molecule has 5 nitrogen and oxygen atoms in total. The van der Waals surface area contributed by atoms with Crippen molar-refractivity contribution < 1.29 is 22.7 Å². The Kier molecular flexibility index (Phi) is 3.09. The molecule has 0 spiro atoms. The highest BCUT2D eigenvalue weighted by molar-refractivity contribution is 5.95. The molecule has 1 aromatic heterocycles. The molecule has 1 heterocycles. The number of hydrogen-bond donors (Lipinski definition) is 1. The van der Waals surface area contributed by atoms with E-state index in [1.54, 1.807) is 6.92 Å². The maximum absolute atomic E-state index is 12.6. The maximum Gasteiger partial charge on any atom is 0.435 e. The molecular formula is C11H10F3N3O2. The fourth-order valence-corrected chi connectivity index (χ4v) is 1.64. The smallest absolute Gasteiger partial charge is 0.435 e. The van der Waals surface area contributed by atoms with Gasteiger partial charge in [-0.15, -0.1) is 5.10 Å². The minimum Gasteiger partial charge on any atom is -0.448 e. The van der Waals surface area contributed by atoms with Crippen LogP contribution in [0, 0.1) is 0 Å². The standard InChI is InChI=1S/C11H10F3N3O2/c1-2-19-10(18)17-8-4-3-6(11(12,13)14)5-7(8)9(15)16-17/h3-5H,2H2,1H3,(H2,15,16). The SMILES string of the molecule is CCOC(=O)n1nc(N)c2cc(C(F)(F)F)ccc21. The molecule has 102 valence electrons. The number of rotatable bonds is 1. The Morgan fingerprint density at radius 2 is 2.16 bits per heavy atom. The summed E-state index contributed by atoms with van der Waals surface area (Å²) in [5, 5.41) is 3.74. The monoisotopic (exact) mass is 273 g/mol. The average Bonchev–Trinajstić information content (AvgIpc) is 2.66. The number of alkyl halides is 3. The van der Waals surface area contributed by atoms with E-state index >= 15 is 0 Å². The normalized spacial score (nSPS) is 11.8. The minimum atomic E-state index is -4.48. The maximum atomic E-state index is 12.6. The van der Waals surface area contributed by atoms with Crippen LogP contribution in [0.1, 0.15) is 12.5 Å². The Morgan fingerprint density at radius 3 is 2.74 bits per heavy atom. The molecule has 2 N–H and O–H groups in total. The van der Waals surface area contributed by atoms with Gasteiger partial charge in [0.2, 0.25) is 0 Å². The molecule has 0 aliphatic rings. The number of carbonyl (C=O) groups is 1. The van der Waals surface area contributed by atoms with Crippen LogP contribution in [0.5, 0.6) is 0 Å². The van der Waals surface area contributed by atoms with Crippen LogP contribution in [0.3, 0.4) is 0 Å². The van der Waals surface area contributed by atoms with E-state index in [1.165, 1.54) is 0 Å². The van der Waals surface area contributed by atoms with E-state index in [9.17, 15) is 18.0 Å². The fraction of sp³-hybridized carbons (Fsp3) is 0.273. The van der Waals surface area contributed by atoms with Gasteiger partial charge in [-0.25, -0.2) is 4.79 Å². The quantitative estimate of drug-likeness (QED) is 0.867. The molecule has 0 fully saturated rings. The third-order valence-electron chi connectivity index (χ3n) is 2.48. The first-order valence-electron chi connectivity index (χ1n) is 5.37. The van der Waals surface area contributed by atoms with Gasteiger partial charge in [0, 0.05) is 5.39 Å². The number of fused-ring (bicyclic) bond motifs is 1.